The molecule has 0 N–H and O–H groups in total. The van der Waals surface area contributed by atoms with Gasteiger partial charge in [-0.25, -0.2) is 0 Å². The second kappa shape index (κ2) is 9.82. The van der Waals surface area contributed by atoms with Gasteiger partial charge in [-0.15, -0.1) is 5.54 Å². The fraction of sp³-hybridized carbons (Fsp3) is 0.824. The molecule has 3 unspecified atom stereocenters. The Morgan fingerprint density at radius 3 is 1.55 bits per heavy atom. The van der Waals surface area contributed by atoms with Crippen LogP contribution in [0.15, 0.2) is 0 Å². The van der Waals surface area contributed by atoms with E-state index in [4.69, 9.17) is 4.98 Å². The van der Waals surface area contributed by atoms with E-state index in [2.05, 4.69) is 54.6 Å². The van der Waals surface area contributed by atoms with Crippen LogP contribution in [0.5, 0.6) is 0 Å². The quantitative estimate of drug-likeness (QED) is 0.410. The van der Waals surface area contributed by atoms with Crippen molar-refractivity contribution < 1.29 is 21.7 Å². The van der Waals surface area contributed by atoms with Gasteiger partial charge in [0.15, 0.2) is 0 Å². The molecule has 1 aliphatic rings. The number of hydrogen-bond acceptors (Lipinski definition) is 0. The van der Waals surface area contributed by atoms with E-state index in [9.17, 15) is 0 Å². The number of rotatable bonds is 2. The van der Waals surface area contributed by atoms with Crippen LogP contribution in [0.2, 0.25) is 18.6 Å². The van der Waals surface area contributed by atoms with Gasteiger partial charge in [0.2, 0.25) is 0 Å². The molecule has 1 rings (SSSR count). The molecule has 1 nitrogen and oxygen atoms in total. The SMILES string of the molecule is CC1C[C@@H](C)C([Si](C)(C)[N-]C(C)(C)C)C1C.[CH3-].[CH3-].[CH3-].[Ti+4]. The summed E-state index contributed by atoms with van der Waals surface area (Å²) in [5, 5.41) is 0. The van der Waals surface area contributed by atoms with Gasteiger partial charge in [-0.3, -0.25) is 0 Å². The van der Waals surface area contributed by atoms with Crippen LogP contribution in [0.4, 0.5) is 0 Å². The van der Waals surface area contributed by atoms with E-state index in [-0.39, 0.29) is 49.5 Å². The molecule has 120 valence electrons. The van der Waals surface area contributed by atoms with Crippen LogP contribution in [0.3, 0.4) is 0 Å². The summed E-state index contributed by atoms with van der Waals surface area (Å²) in [6.07, 6.45) is 1.40. The van der Waals surface area contributed by atoms with Crippen LogP contribution in [-0.4, -0.2) is 13.8 Å². The van der Waals surface area contributed by atoms with Gasteiger partial charge in [0.1, 0.15) is 0 Å². The summed E-state index contributed by atoms with van der Waals surface area (Å²) in [6, 6.07) is 0. The van der Waals surface area contributed by atoms with E-state index >= 15 is 0 Å². The molecule has 0 aromatic carbocycles. The van der Waals surface area contributed by atoms with Crippen molar-refractivity contribution in [3.8, 4) is 0 Å². The minimum atomic E-state index is -1.45. The molecule has 4 atom stereocenters. The largest absolute Gasteiger partial charge is 4.00 e. The molecule has 0 bridgehead atoms. The van der Waals surface area contributed by atoms with Gasteiger partial charge in [0.25, 0.3) is 0 Å². The van der Waals surface area contributed by atoms with E-state index in [1.54, 1.807) is 0 Å². The molecular formula is C17H39NSiTi. The summed E-state index contributed by atoms with van der Waals surface area (Å²) in [5.41, 5.74) is 1.02. The van der Waals surface area contributed by atoms with Gasteiger partial charge in [-0.1, -0.05) is 68.4 Å². The molecule has 0 spiro atoms. The second-order valence-electron chi connectivity index (χ2n) is 7.51. The summed E-state index contributed by atoms with van der Waals surface area (Å²) in [4.78, 5) is 5.20. The van der Waals surface area contributed by atoms with Crippen molar-refractivity contribution in [3.05, 3.63) is 27.3 Å². The fourth-order valence-corrected chi connectivity index (χ4v) is 9.12. The Balaban J connectivity index is -0.000000320. The molecule has 0 amide bonds. The third kappa shape index (κ3) is 7.24. The van der Waals surface area contributed by atoms with E-state index in [1.807, 2.05) is 0 Å². The van der Waals surface area contributed by atoms with Gasteiger partial charge < -0.3 is 27.3 Å². The predicted molar refractivity (Wildman–Crippen MR) is 95.7 cm³/mol. The van der Waals surface area contributed by atoms with Crippen LogP contribution < -0.4 is 0 Å². The first kappa shape index (κ1) is 29.0. The monoisotopic (exact) mass is 333 g/mol. The van der Waals surface area contributed by atoms with Crippen molar-refractivity contribution in [3.63, 3.8) is 0 Å². The molecule has 0 radical (unpaired) electrons. The molecule has 0 aliphatic heterocycles. The van der Waals surface area contributed by atoms with Crippen molar-refractivity contribution in [1.82, 2.24) is 0 Å². The van der Waals surface area contributed by atoms with Crippen molar-refractivity contribution in [1.29, 1.82) is 0 Å². The smallest absolute Gasteiger partial charge is 0.660 e. The Morgan fingerprint density at radius 1 is 0.900 bits per heavy atom. The number of nitrogens with zero attached hydrogens (tertiary/aromatic N) is 1. The third-order valence-electron chi connectivity index (χ3n) is 4.26. The van der Waals surface area contributed by atoms with E-state index in [1.165, 1.54) is 6.42 Å². The zero-order valence-electron chi connectivity index (χ0n) is 16.0. The first-order valence-electron chi connectivity index (χ1n) is 6.78. The summed E-state index contributed by atoms with van der Waals surface area (Å²) in [6.45, 7) is 19.0. The fourth-order valence-electron chi connectivity index (χ4n) is 4.10. The maximum Gasteiger partial charge on any atom is 4.00 e. The molecule has 20 heavy (non-hydrogen) atoms. The van der Waals surface area contributed by atoms with Gasteiger partial charge >= 0.3 is 21.7 Å². The van der Waals surface area contributed by atoms with Crippen LogP contribution in [-0.2, 0) is 21.7 Å². The maximum atomic E-state index is 5.20. The molecular weight excluding hydrogens is 294 g/mol. The standard InChI is InChI=1S/C14H30NSi.3CH3.Ti/c1-10-9-11(2)13(12(10)3)16(7,8)15-14(4,5)6;;;;/h10-13H,9H2,1-8H3;3*1H3;/q4*-1;+4/t10?,11-,12?,13?;;;;/m1..../s1. The average Bonchev–Trinajstić information content (AvgIpc) is 2.20. The Morgan fingerprint density at radius 2 is 1.30 bits per heavy atom. The zero-order chi connectivity index (χ0) is 12.7. The molecule has 0 saturated heterocycles. The van der Waals surface area contributed by atoms with Crippen LogP contribution in [0, 0.1) is 40.0 Å². The van der Waals surface area contributed by atoms with E-state index in [0.717, 1.165) is 23.3 Å². The summed E-state index contributed by atoms with van der Waals surface area (Å²) < 4.78 is 0. The molecule has 1 saturated carbocycles. The molecule has 3 heteroatoms. The van der Waals surface area contributed by atoms with Gasteiger partial charge in [0.05, 0.1) is 0 Å². The average molecular weight is 333 g/mol. The topological polar surface area (TPSA) is 14.1 Å². The molecule has 1 fully saturated rings. The minimum absolute atomic E-state index is 0. The molecule has 1 aliphatic carbocycles. The van der Waals surface area contributed by atoms with Gasteiger partial charge in [-0.2, -0.15) is 0 Å². The molecule has 0 aromatic heterocycles. The second-order valence-corrected chi connectivity index (χ2v) is 11.7. The van der Waals surface area contributed by atoms with Gasteiger partial charge in [0, 0.05) is 0 Å². The minimum Gasteiger partial charge on any atom is -0.660 e. The molecule has 0 heterocycles. The Hall–Kier alpha value is 0.891. The Labute approximate surface area is 147 Å². The van der Waals surface area contributed by atoms with Crippen LogP contribution >= 0.6 is 0 Å². The summed E-state index contributed by atoms with van der Waals surface area (Å²) in [7, 11) is -1.45. The van der Waals surface area contributed by atoms with E-state index in [0.29, 0.717) is 0 Å². The summed E-state index contributed by atoms with van der Waals surface area (Å²) in [5.74, 6) is 2.63. The van der Waals surface area contributed by atoms with Crippen LogP contribution in [0.1, 0.15) is 48.0 Å². The zero-order valence-corrected chi connectivity index (χ0v) is 18.5. The first-order valence-corrected chi connectivity index (χ1v) is 9.81. The van der Waals surface area contributed by atoms with Crippen molar-refractivity contribution in [2.75, 3.05) is 0 Å². The Bertz CT molecular complexity index is 248. The predicted octanol–water partition coefficient (Wildman–Crippen LogP) is 6.39. The number of hydrogen-bond donors (Lipinski definition) is 0. The van der Waals surface area contributed by atoms with E-state index < -0.39 is 8.24 Å². The maximum absolute atomic E-state index is 5.20. The Kier molecular flexibility index (Phi) is 14.2. The third-order valence-corrected chi connectivity index (χ3v) is 8.23. The summed E-state index contributed by atoms with van der Waals surface area (Å²) >= 11 is 0. The van der Waals surface area contributed by atoms with Gasteiger partial charge in [-0.05, 0) is 24.2 Å². The molecule has 0 aromatic rings. The van der Waals surface area contributed by atoms with Crippen molar-refractivity contribution in [2.24, 2.45) is 17.8 Å². The van der Waals surface area contributed by atoms with Crippen molar-refractivity contribution in [2.45, 2.75) is 72.1 Å². The van der Waals surface area contributed by atoms with Crippen molar-refractivity contribution >= 4 is 8.24 Å². The first-order chi connectivity index (χ1) is 7.04. The normalized spacial score (nSPS) is 29.4. The van der Waals surface area contributed by atoms with Crippen LogP contribution in [0.25, 0.3) is 4.98 Å².